The molecule has 3 aromatic rings. The van der Waals surface area contributed by atoms with Gasteiger partial charge in [0.15, 0.2) is 5.65 Å². The van der Waals surface area contributed by atoms with Crippen LogP contribution in [0.1, 0.15) is 31.4 Å². The lowest BCUT2D eigenvalue weighted by Gasteiger charge is -2.22. The summed E-state index contributed by atoms with van der Waals surface area (Å²) in [5.74, 6) is -0.331. The van der Waals surface area contributed by atoms with E-state index in [1.54, 1.807) is 31.3 Å². The Balaban J connectivity index is 1.53. The van der Waals surface area contributed by atoms with E-state index >= 15 is 0 Å². The Bertz CT molecular complexity index is 1130. The zero-order valence-electron chi connectivity index (χ0n) is 16.5. The summed E-state index contributed by atoms with van der Waals surface area (Å²) in [7, 11) is 0. The van der Waals surface area contributed by atoms with Crippen LogP contribution in [0.5, 0.6) is 0 Å². The first-order valence-corrected chi connectivity index (χ1v) is 9.72. The molecule has 3 heterocycles. The standard InChI is InChI=1S/C21H23N5O3/c1-3-6-15-8-10-16(11-9-15)21(2)18(27)25(19(28)22-21)13-14-26-20(29)24-12-5-4-7-17(24)23-26/h4-5,7-12H,3,6,13-14H2,1-2H3,(H,22,28). The number of urea groups is 1. The number of aromatic nitrogens is 3. The number of amides is 3. The Morgan fingerprint density at radius 3 is 2.48 bits per heavy atom. The Morgan fingerprint density at radius 1 is 1.03 bits per heavy atom. The van der Waals surface area contributed by atoms with Gasteiger partial charge in [-0.05, 0) is 36.6 Å². The molecular weight excluding hydrogens is 370 g/mol. The second kappa shape index (κ2) is 7.20. The number of nitrogens with zero attached hydrogens (tertiary/aromatic N) is 4. The van der Waals surface area contributed by atoms with Crippen LogP contribution in [-0.4, -0.2) is 37.6 Å². The van der Waals surface area contributed by atoms with Gasteiger partial charge < -0.3 is 5.32 Å². The van der Waals surface area contributed by atoms with Crippen molar-refractivity contribution >= 4 is 17.6 Å². The van der Waals surface area contributed by atoms with Crippen molar-refractivity contribution in [2.45, 2.75) is 38.8 Å². The number of nitrogens with one attached hydrogen (secondary N) is 1. The molecule has 1 fully saturated rings. The van der Waals surface area contributed by atoms with Crippen LogP contribution < -0.4 is 11.0 Å². The minimum atomic E-state index is -1.12. The molecule has 0 spiro atoms. The van der Waals surface area contributed by atoms with Crippen LogP contribution in [0, 0.1) is 0 Å². The average molecular weight is 393 g/mol. The molecule has 1 aliphatic heterocycles. The molecule has 1 N–H and O–H groups in total. The van der Waals surface area contributed by atoms with Gasteiger partial charge >= 0.3 is 11.7 Å². The largest absolute Gasteiger partial charge is 0.350 e. The van der Waals surface area contributed by atoms with Crippen molar-refractivity contribution in [3.05, 3.63) is 70.3 Å². The second-order valence-electron chi connectivity index (χ2n) is 7.39. The monoisotopic (exact) mass is 393 g/mol. The smallest absolute Gasteiger partial charge is 0.319 e. The summed E-state index contributed by atoms with van der Waals surface area (Å²) in [6, 6.07) is 12.6. The molecule has 4 rings (SSSR count). The molecule has 0 aliphatic carbocycles. The third kappa shape index (κ3) is 3.20. The summed E-state index contributed by atoms with van der Waals surface area (Å²) in [4.78, 5) is 39.1. The van der Waals surface area contributed by atoms with Crippen molar-refractivity contribution in [3.8, 4) is 0 Å². The zero-order valence-corrected chi connectivity index (χ0v) is 16.5. The van der Waals surface area contributed by atoms with Crippen LogP contribution in [0.25, 0.3) is 5.65 Å². The van der Waals surface area contributed by atoms with Gasteiger partial charge in [-0.25, -0.2) is 14.3 Å². The minimum Gasteiger partial charge on any atom is -0.319 e. The van der Waals surface area contributed by atoms with Gasteiger partial charge in [-0.15, -0.1) is 5.10 Å². The van der Waals surface area contributed by atoms with Gasteiger partial charge in [-0.1, -0.05) is 43.7 Å². The molecule has 1 aliphatic rings. The number of rotatable bonds is 6. The number of carbonyl (C=O) groups excluding carboxylic acids is 2. The highest BCUT2D eigenvalue weighted by Crippen LogP contribution is 2.29. The van der Waals surface area contributed by atoms with E-state index in [1.165, 1.54) is 14.6 Å². The number of aryl methyl sites for hydroxylation is 1. The SMILES string of the molecule is CCCc1ccc(C2(C)NC(=O)N(CCn3nc4ccccn4c3=O)C2=O)cc1. The summed E-state index contributed by atoms with van der Waals surface area (Å²) in [6.45, 7) is 4.02. The number of fused-ring (bicyclic) bond motifs is 1. The number of hydrogen-bond acceptors (Lipinski definition) is 4. The number of carbonyl (C=O) groups is 2. The molecule has 150 valence electrons. The Morgan fingerprint density at radius 2 is 1.79 bits per heavy atom. The van der Waals surface area contributed by atoms with Crippen LogP contribution >= 0.6 is 0 Å². The quantitative estimate of drug-likeness (QED) is 0.648. The average Bonchev–Trinajstić information content (AvgIpc) is 3.15. The minimum absolute atomic E-state index is 0.0674. The van der Waals surface area contributed by atoms with E-state index in [0.717, 1.165) is 23.3 Å². The molecule has 1 atom stereocenters. The maximum absolute atomic E-state index is 13.1. The molecule has 3 amide bonds. The Hall–Kier alpha value is -3.42. The van der Waals surface area contributed by atoms with E-state index < -0.39 is 11.6 Å². The topological polar surface area (TPSA) is 88.7 Å². The molecule has 1 saturated heterocycles. The lowest BCUT2D eigenvalue weighted by atomic mass is 9.91. The molecule has 1 aromatic carbocycles. The summed E-state index contributed by atoms with van der Waals surface area (Å²) in [6.07, 6.45) is 3.65. The number of imide groups is 1. The van der Waals surface area contributed by atoms with Crippen molar-refractivity contribution in [2.75, 3.05) is 6.54 Å². The van der Waals surface area contributed by atoms with Crippen LogP contribution in [0.4, 0.5) is 4.79 Å². The van der Waals surface area contributed by atoms with Crippen LogP contribution in [0.3, 0.4) is 0 Å². The Kier molecular flexibility index (Phi) is 4.70. The summed E-state index contributed by atoms with van der Waals surface area (Å²) < 4.78 is 2.69. The normalized spacial score (nSPS) is 19.2. The van der Waals surface area contributed by atoms with E-state index in [0.29, 0.717) is 5.65 Å². The van der Waals surface area contributed by atoms with Gasteiger partial charge in [0.05, 0.1) is 13.1 Å². The van der Waals surface area contributed by atoms with E-state index in [9.17, 15) is 14.4 Å². The molecule has 0 bridgehead atoms. The molecule has 8 nitrogen and oxygen atoms in total. The van der Waals surface area contributed by atoms with Gasteiger partial charge in [-0.3, -0.25) is 14.1 Å². The summed E-state index contributed by atoms with van der Waals surface area (Å²) >= 11 is 0. The lowest BCUT2D eigenvalue weighted by molar-refractivity contribution is -0.131. The molecule has 29 heavy (non-hydrogen) atoms. The van der Waals surface area contributed by atoms with Crippen LogP contribution in [-0.2, 0) is 23.3 Å². The third-order valence-electron chi connectivity index (χ3n) is 5.37. The molecule has 2 aromatic heterocycles. The second-order valence-corrected chi connectivity index (χ2v) is 7.39. The fourth-order valence-electron chi connectivity index (χ4n) is 3.70. The fourth-order valence-corrected chi connectivity index (χ4v) is 3.70. The predicted molar refractivity (Wildman–Crippen MR) is 107 cm³/mol. The van der Waals surface area contributed by atoms with E-state index in [2.05, 4.69) is 17.3 Å². The van der Waals surface area contributed by atoms with Gasteiger partial charge in [-0.2, -0.15) is 0 Å². The third-order valence-corrected chi connectivity index (χ3v) is 5.37. The lowest BCUT2D eigenvalue weighted by Crippen LogP contribution is -2.41. The maximum Gasteiger partial charge on any atom is 0.350 e. The molecule has 0 radical (unpaired) electrons. The predicted octanol–water partition coefficient (Wildman–Crippen LogP) is 1.92. The zero-order chi connectivity index (χ0) is 20.6. The first-order valence-electron chi connectivity index (χ1n) is 9.72. The highest BCUT2D eigenvalue weighted by molar-refractivity contribution is 6.07. The summed E-state index contributed by atoms with van der Waals surface area (Å²) in [5.41, 5.74) is 1.03. The van der Waals surface area contributed by atoms with Crippen LogP contribution in [0.15, 0.2) is 53.5 Å². The highest BCUT2D eigenvalue weighted by Gasteiger charge is 2.48. The first-order chi connectivity index (χ1) is 13.9. The van der Waals surface area contributed by atoms with Crippen molar-refractivity contribution in [3.63, 3.8) is 0 Å². The van der Waals surface area contributed by atoms with Gasteiger partial charge in [0, 0.05) is 6.20 Å². The fraction of sp³-hybridized carbons (Fsp3) is 0.333. The number of pyridine rings is 1. The van der Waals surface area contributed by atoms with Crippen molar-refractivity contribution in [1.82, 2.24) is 24.4 Å². The molecule has 8 heteroatoms. The first kappa shape index (κ1) is 18.9. The van der Waals surface area contributed by atoms with Gasteiger partial charge in [0.25, 0.3) is 5.91 Å². The van der Waals surface area contributed by atoms with Crippen LogP contribution in [0.2, 0.25) is 0 Å². The van der Waals surface area contributed by atoms with Gasteiger partial charge in [0.2, 0.25) is 0 Å². The summed E-state index contributed by atoms with van der Waals surface area (Å²) in [5, 5.41) is 7.04. The maximum atomic E-state index is 13.1. The van der Waals surface area contributed by atoms with E-state index in [-0.39, 0.29) is 24.7 Å². The number of benzene rings is 1. The molecule has 0 saturated carbocycles. The van der Waals surface area contributed by atoms with E-state index in [4.69, 9.17) is 0 Å². The van der Waals surface area contributed by atoms with E-state index in [1.807, 2.05) is 24.3 Å². The van der Waals surface area contributed by atoms with Gasteiger partial charge in [0.1, 0.15) is 5.54 Å². The van der Waals surface area contributed by atoms with Crippen molar-refractivity contribution in [2.24, 2.45) is 0 Å². The van der Waals surface area contributed by atoms with Crippen molar-refractivity contribution in [1.29, 1.82) is 0 Å². The molecule has 1 unspecified atom stereocenters. The Labute approximate surface area is 167 Å². The van der Waals surface area contributed by atoms with Crippen molar-refractivity contribution < 1.29 is 9.59 Å². The molecular formula is C21H23N5O3. The highest BCUT2D eigenvalue weighted by atomic mass is 16.2. The number of hydrogen-bond donors (Lipinski definition) is 1.